The average Bonchev–Trinajstić information content (AvgIpc) is 2.52. The third-order valence-electron chi connectivity index (χ3n) is 3.75. The Labute approximate surface area is 105 Å². The van der Waals surface area contributed by atoms with Gasteiger partial charge in [-0.1, -0.05) is 27.7 Å². The van der Waals surface area contributed by atoms with Gasteiger partial charge in [0, 0.05) is 13.1 Å². The van der Waals surface area contributed by atoms with Gasteiger partial charge in [-0.05, 0) is 25.2 Å². The third kappa shape index (κ3) is 2.93. The number of nitrogens with one attached hydrogen (secondary N) is 1. The molecular weight excluding hydrogens is 212 g/mol. The Hall–Kier alpha value is -1.19. The number of rotatable bonds is 5. The van der Waals surface area contributed by atoms with E-state index in [0.717, 1.165) is 30.3 Å². The third-order valence-corrected chi connectivity index (χ3v) is 3.75. The van der Waals surface area contributed by atoms with Crippen LogP contribution < -0.4 is 11.1 Å². The zero-order valence-electron chi connectivity index (χ0n) is 12.0. The summed E-state index contributed by atoms with van der Waals surface area (Å²) in [7, 11) is 0. The van der Waals surface area contributed by atoms with Gasteiger partial charge >= 0.3 is 0 Å². The van der Waals surface area contributed by atoms with Gasteiger partial charge in [0.1, 0.15) is 5.82 Å². The van der Waals surface area contributed by atoms with Crippen molar-refractivity contribution in [3.8, 4) is 0 Å². The molecule has 17 heavy (non-hydrogen) atoms. The molecule has 0 unspecified atom stereocenters. The minimum atomic E-state index is 0.239. The highest BCUT2D eigenvalue weighted by Crippen LogP contribution is 2.28. The van der Waals surface area contributed by atoms with Gasteiger partial charge < -0.3 is 11.1 Å². The first-order chi connectivity index (χ1) is 7.79. The van der Waals surface area contributed by atoms with Crippen molar-refractivity contribution in [2.45, 2.75) is 48.1 Å². The van der Waals surface area contributed by atoms with Crippen LogP contribution in [0.2, 0.25) is 0 Å². The zero-order valence-corrected chi connectivity index (χ0v) is 12.0. The molecule has 0 saturated carbocycles. The molecule has 0 amide bonds. The van der Waals surface area contributed by atoms with Crippen LogP contribution in [-0.4, -0.2) is 16.3 Å². The van der Waals surface area contributed by atoms with Gasteiger partial charge in [0.05, 0.1) is 11.4 Å². The van der Waals surface area contributed by atoms with E-state index in [9.17, 15) is 0 Å². The first-order valence-electron chi connectivity index (χ1n) is 6.36. The summed E-state index contributed by atoms with van der Waals surface area (Å²) >= 11 is 0. The molecule has 98 valence electrons. The van der Waals surface area contributed by atoms with Crippen molar-refractivity contribution in [3.63, 3.8) is 0 Å². The normalized spacial score (nSPS) is 12.2. The quantitative estimate of drug-likeness (QED) is 0.829. The highest BCUT2D eigenvalue weighted by Gasteiger charge is 2.23. The fourth-order valence-electron chi connectivity index (χ4n) is 1.53. The molecule has 1 heterocycles. The Balaban J connectivity index is 2.82. The van der Waals surface area contributed by atoms with Crippen LogP contribution in [0.3, 0.4) is 0 Å². The minimum absolute atomic E-state index is 0.239. The van der Waals surface area contributed by atoms with Gasteiger partial charge in [-0.2, -0.15) is 5.10 Å². The molecule has 0 spiro atoms. The van der Waals surface area contributed by atoms with Crippen LogP contribution in [0.25, 0.3) is 0 Å². The van der Waals surface area contributed by atoms with Crippen LogP contribution in [0, 0.1) is 18.3 Å². The highest BCUT2D eigenvalue weighted by molar-refractivity contribution is 5.64. The summed E-state index contributed by atoms with van der Waals surface area (Å²) in [5.74, 6) is 1.58. The predicted octanol–water partition coefficient (Wildman–Crippen LogP) is 2.89. The Morgan fingerprint density at radius 3 is 2.47 bits per heavy atom. The molecule has 0 fully saturated rings. The molecule has 0 aliphatic heterocycles. The van der Waals surface area contributed by atoms with Crippen LogP contribution in [0.1, 0.15) is 40.3 Å². The monoisotopic (exact) mass is 238 g/mol. The molecule has 0 atom stereocenters. The summed E-state index contributed by atoms with van der Waals surface area (Å²) in [5.41, 5.74) is 7.95. The molecule has 0 radical (unpaired) electrons. The molecule has 0 aliphatic rings. The van der Waals surface area contributed by atoms with Gasteiger partial charge in [-0.15, -0.1) is 0 Å². The van der Waals surface area contributed by atoms with E-state index >= 15 is 0 Å². The molecule has 1 aromatic rings. The highest BCUT2D eigenvalue weighted by atomic mass is 15.3. The number of nitrogen functional groups attached to an aromatic ring is 1. The first kappa shape index (κ1) is 13.9. The maximum absolute atomic E-state index is 6.04. The van der Waals surface area contributed by atoms with Gasteiger partial charge in [-0.3, -0.25) is 0 Å². The molecule has 0 saturated heterocycles. The summed E-state index contributed by atoms with van der Waals surface area (Å²) in [5, 5.41) is 7.85. The number of hydrogen-bond acceptors (Lipinski definition) is 3. The number of hydrogen-bond donors (Lipinski definition) is 2. The van der Waals surface area contributed by atoms with E-state index in [0.29, 0.717) is 5.92 Å². The van der Waals surface area contributed by atoms with E-state index in [2.05, 4.69) is 45.0 Å². The molecule has 1 rings (SSSR count). The fourth-order valence-corrected chi connectivity index (χ4v) is 1.53. The second-order valence-corrected chi connectivity index (χ2v) is 5.66. The number of nitrogens with two attached hydrogens (primary N) is 1. The summed E-state index contributed by atoms with van der Waals surface area (Å²) in [6.45, 7) is 14.8. The van der Waals surface area contributed by atoms with E-state index in [4.69, 9.17) is 5.73 Å². The SMILES string of the molecule is CCn1nc(C)c(N)c1NCC(C)(C)C(C)C. The number of anilines is 2. The molecule has 0 aromatic carbocycles. The molecule has 4 nitrogen and oxygen atoms in total. The van der Waals surface area contributed by atoms with Crippen molar-refractivity contribution in [3.05, 3.63) is 5.69 Å². The van der Waals surface area contributed by atoms with Crippen molar-refractivity contribution >= 4 is 11.5 Å². The van der Waals surface area contributed by atoms with Crippen molar-refractivity contribution in [1.82, 2.24) is 9.78 Å². The van der Waals surface area contributed by atoms with Crippen LogP contribution in [0.15, 0.2) is 0 Å². The molecule has 4 heteroatoms. The fraction of sp³-hybridized carbons (Fsp3) is 0.769. The van der Waals surface area contributed by atoms with Crippen LogP contribution >= 0.6 is 0 Å². The van der Waals surface area contributed by atoms with Crippen LogP contribution in [-0.2, 0) is 6.54 Å². The zero-order chi connectivity index (χ0) is 13.2. The molecule has 3 N–H and O–H groups in total. The lowest BCUT2D eigenvalue weighted by atomic mass is 9.81. The average molecular weight is 238 g/mol. The predicted molar refractivity (Wildman–Crippen MR) is 74.2 cm³/mol. The minimum Gasteiger partial charge on any atom is -0.394 e. The Bertz CT molecular complexity index is 377. The Kier molecular flexibility index (Phi) is 4.07. The summed E-state index contributed by atoms with van der Waals surface area (Å²) in [4.78, 5) is 0. The largest absolute Gasteiger partial charge is 0.394 e. The van der Waals surface area contributed by atoms with E-state index < -0.39 is 0 Å². The summed E-state index contributed by atoms with van der Waals surface area (Å²) in [6, 6.07) is 0. The summed E-state index contributed by atoms with van der Waals surface area (Å²) in [6.07, 6.45) is 0. The molecule has 1 aromatic heterocycles. The smallest absolute Gasteiger partial charge is 0.148 e. The van der Waals surface area contributed by atoms with Gasteiger partial charge in [0.15, 0.2) is 0 Å². The summed E-state index contributed by atoms with van der Waals surface area (Å²) < 4.78 is 1.93. The van der Waals surface area contributed by atoms with Gasteiger partial charge in [0.25, 0.3) is 0 Å². The van der Waals surface area contributed by atoms with Gasteiger partial charge in [-0.25, -0.2) is 4.68 Å². The number of nitrogens with zero attached hydrogens (tertiary/aromatic N) is 2. The van der Waals surface area contributed by atoms with Crippen LogP contribution in [0.4, 0.5) is 11.5 Å². The standard InChI is InChI=1S/C13H26N4/c1-7-17-12(11(14)10(4)16-17)15-8-13(5,6)9(2)3/h9,15H,7-8,14H2,1-6H3. The van der Waals surface area contributed by atoms with Crippen molar-refractivity contribution < 1.29 is 0 Å². The second-order valence-electron chi connectivity index (χ2n) is 5.66. The Morgan fingerprint density at radius 2 is 2.00 bits per heavy atom. The lowest BCUT2D eigenvalue weighted by Gasteiger charge is -2.30. The van der Waals surface area contributed by atoms with E-state index in [1.807, 2.05) is 11.6 Å². The topological polar surface area (TPSA) is 55.9 Å². The first-order valence-corrected chi connectivity index (χ1v) is 6.36. The second kappa shape index (κ2) is 4.98. The number of aromatic nitrogens is 2. The van der Waals surface area contributed by atoms with Gasteiger partial charge in [0.2, 0.25) is 0 Å². The van der Waals surface area contributed by atoms with E-state index in [-0.39, 0.29) is 5.41 Å². The van der Waals surface area contributed by atoms with E-state index in [1.54, 1.807) is 0 Å². The van der Waals surface area contributed by atoms with Crippen molar-refractivity contribution in [1.29, 1.82) is 0 Å². The maximum atomic E-state index is 6.04. The van der Waals surface area contributed by atoms with Crippen molar-refractivity contribution in [2.75, 3.05) is 17.6 Å². The number of aryl methyl sites for hydroxylation is 2. The lowest BCUT2D eigenvalue weighted by Crippen LogP contribution is -2.29. The molecule has 0 aliphatic carbocycles. The maximum Gasteiger partial charge on any atom is 0.148 e. The van der Waals surface area contributed by atoms with Crippen LogP contribution in [0.5, 0.6) is 0 Å². The Morgan fingerprint density at radius 1 is 1.41 bits per heavy atom. The van der Waals surface area contributed by atoms with Crippen molar-refractivity contribution in [2.24, 2.45) is 11.3 Å². The van der Waals surface area contributed by atoms with E-state index in [1.165, 1.54) is 0 Å². The molecular formula is C13H26N4. The lowest BCUT2D eigenvalue weighted by molar-refractivity contribution is 0.269. The molecule has 0 bridgehead atoms.